The van der Waals surface area contributed by atoms with Gasteiger partial charge in [-0.1, -0.05) is 23.1 Å². The Hall–Kier alpha value is -1.84. The van der Waals surface area contributed by atoms with Crippen LogP contribution in [0.1, 0.15) is 12.8 Å². The van der Waals surface area contributed by atoms with Crippen molar-refractivity contribution in [2.75, 3.05) is 36.6 Å². The van der Waals surface area contributed by atoms with Gasteiger partial charge in [0, 0.05) is 18.8 Å². The molecule has 0 spiro atoms. The number of anilines is 2. The second kappa shape index (κ2) is 9.02. The average molecular weight is 380 g/mol. The lowest BCUT2D eigenvalue weighted by molar-refractivity contribution is -0.113. The molecule has 1 saturated heterocycles. The second-order valence-corrected chi connectivity index (χ2v) is 7.65. The first-order valence-corrected chi connectivity index (χ1v) is 9.79. The Kier molecular flexibility index (Phi) is 6.48. The lowest BCUT2D eigenvalue weighted by Gasteiger charge is -2.08. The highest BCUT2D eigenvalue weighted by atomic mass is 32.2. The van der Waals surface area contributed by atoms with Crippen molar-refractivity contribution in [3.63, 3.8) is 0 Å². The van der Waals surface area contributed by atoms with E-state index < -0.39 is 0 Å². The van der Waals surface area contributed by atoms with Gasteiger partial charge < -0.3 is 20.1 Å². The molecular weight excluding hydrogens is 360 g/mol. The molecule has 25 heavy (non-hydrogen) atoms. The van der Waals surface area contributed by atoms with Crippen LogP contribution in [-0.2, 0) is 9.53 Å². The smallest absolute Gasteiger partial charge is 0.234 e. The zero-order chi connectivity index (χ0) is 17.5. The first kappa shape index (κ1) is 18.0. The molecule has 2 heterocycles. The van der Waals surface area contributed by atoms with Gasteiger partial charge in [-0.15, -0.1) is 10.2 Å². The number of ether oxygens (including phenoxy) is 2. The van der Waals surface area contributed by atoms with E-state index in [1.54, 1.807) is 31.4 Å². The highest BCUT2D eigenvalue weighted by molar-refractivity contribution is 8.01. The molecule has 0 saturated carbocycles. The van der Waals surface area contributed by atoms with Gasteiger partial charge in [-0.3, -0.25) is 4.79 Å². The van der Waals surface area contributed by atoms with Crippen molar-refractivity contribution in [1.82, 2.24) is 10.2 Å². The van der Waals surface area contributed by atoms with Crippen LogP contribution in [0.4, 0.5) is 10.8 Å². The SMILES string of the molecule is COc1ccc(NC(=O)CSc2nnc(NCC3CCCO3)s2)cc1. The molecule has 2 N–H and O–H groups in total. The van der Waals surface area contributed by atoms with E-state index in [0.717, 1.165) is 46.9 Å². The number of carbonyl (C=O) groups excluding carboxylic acids is 1. The Morgan fingerprint density at radius 2 is 2.24 bits per heavy atom. The Morgan fingerprint density at radius 3 is 2.96 bits per heavy atom. The molecule has 1 atom stereocenters. The van der Waals surface area contributed by atoms with Crippen LogP contribution in [0.3, 0.4) is 0 Å². The predicted molar refractivity (Wildman–Crippen MR) is 99.7 cm³/mol. The van der Waals surface area contributed by atoms with E-state index in [0.29, 0.717) is 0 Å². The monoisotopic (exact) mass is 380 g/mol. The maximum absolute atomic E-state index is 12.0. The van der Waals surface area contributed by atoms with Gasteiger partial charge in [0.15, 0.2) is 4.34 Å². The molecule has 3 rings (SSSR count). The summed E-state index contributed by atoms with van der Waals surface area (Å²) < 4.78 is 11.4. The molecule has 1 unspecified atom stereocenters. The number of hydrogen-bond donors (Lipinski definition) is 2. The first-order valence-electron chi connectivity index (χ1n) is 7.98. The third-order valence-corrected chi connectivity index (χ3v) is 5.63. The number of nitrogens with one attached hydrogen (secondary N) is 2. The van der Waals surface area contributed by atoms with Crippen LogP contribution in [-0.4, -0.2) is 48.2 Å². The standard InChI is InChI=1S/C16H20N4O3S2/c1-22-12-6-4-11(5-7-12)18-14(21)10-24-16-20-19-15(25-16)17-9-13-3-2-8-23-13/h4-7,13H,2-3,8-10H2,1H3,(H,17,19)(H,18,21). The van der Waals surface area contributed by atoms with Crippen molar-refractivity contribution in [2.45, 2.75) is 23.3 Å². The van der Waals surface area contributed by atoms with E-state index in [1.165, 1.54) is 23.1 Å². The van der Waals surface area contributed by atoms with Gasteiger partial charge in [-0.2, -0.15) is 0 Å². The molecule has 1 aromatic heterocycles. The largest absolute Gasteiger partial charge is 0.497 e. The number of thioether (sulfide) groups is 1. The van der Waals surface area contributed by atoms with Gasteiger partial charge in [-0.25, -0.2) is 0 Å². The summed E-state index contributed by atoms with van der Waals surface area (Å²) in [6, 6.07) is 7.22. The highest BCUT2D eigenvalue weighted by Gasteiger charge is 2.16. The Bertz CT molecular complexity index is 687. The van der Waals surface area contributed by atoms with Crippen LogP contribution in [0, 0.1) is 0 Å². The zero-order valence-corrected chi connectivity index (χ0v) is 15.5. The van der Waals surface area contributed by atoms with Crippen molar-refractivity contribution in [1.29, 1.82) is 0 Å². The Morgan fingerprint density at radius 1 is 1.40 bits per heavy atom. The fraction of sp³-hybridized carbons (Fsp3) is 0.438. The van der Waals surface area contributed by atoms with Crippen molar-refractivity contribution >= 4 is 39.8 Å². The van der Waals surface area contributed by atoms with Gasteiger partial charge in [0.05, 0.1) is 19.0 Å². The Balaban J connectivity index is 1.40. The fourth-order valence-corrected chi connectivity index (χ4v) is 3.90. The molecule has 9 heteroatoms. The number of carbonyl (C=O) groups is 1. The summed E-state index contributed by atoms with van der Waals surface area (Å²) in [4.78, 5) is 12.0. The highest BCUT2D eigenvalue weighted by Crippen LogP contribution is 2.26. The third kappa shape index (κ3) is 5.58. The molecule has 7 nitrogen and oxygen atoms in total. The van der Waals surface area contributed by atoms with E-state index in [4.69, 9.17) is 9.47 Å². The average Bonchev–Trinajstić information content (AvgIpc) is 3.30. The summed E-state index contributed by atoms with van der Waals surface area (Å²) in [6.07, 6.45) is 2.46. The van der Waals surface area contributed by atoms with Gasteiger partial charge >= 0.3 is 0 Å². The van der Waals surface area contributed by atoms with Crippen LogP contribution in [0.2, 0.25) is 0 Å². The van der Waals surface area contributed by atoms with Crippen molar-refractivity contribution in [2.24, 2.45) is 0 Å². The van der Waals surface area contributed by atoms with Gasteiger partial charge in [0.2, 0.25) is 11.0 Å². The van der Waals surface area contributed by atoms with Crippen LogP contribution >= 0.6 is 23.1 Å². The molecule has 0 bridgehead atoms. The maximum Gasteiger partial charge on any atom is 0.234 e. The topological polar surface area (TPSA) is 85.4 Å². The van der Waals surface area contributed by atoms with E-state index in [1.807, 2.05) is 0 Å². The molecular formula is C16H20N4O3S2. The van der Waals surface area contributed by atoms with E-state index in [9.17, 15) is 4.79 Å². The molecule has 1 aliphatic rings. The second-order valence-electron chi connectivity index (χ2n) is 5.45. The zero-order valence-electron chi connectivity index (χ0n) is 13.9. The van der Waals surface area contributed by atoms with Crippen LogP contribution in [0.5, 0.6) is 5.75 Å². The van der Waals surface area contributed by atoms with Crippen LogP contribution in [0.25, 0.3) is 0 Å². The van der Waals surface area contributed by atoms with Gasteiger partial charge in [0.25, 0.3) is 0 Å². The predicted octanol–water partition coefficient (Wildman–Crippen LogP) is 2.87. The Labute approximate surface area is 154 Å². The maximum atomic E-state index is 12.0. The molecule has 1 amide bonds. The molecule has 0 aliphatic carbocycles. The van der Waals surface area contributed by atoms with Crippen molar-refractivity contribution in [3.05, 3.63) is 24.3 Å². The summed E-state index contributed by atoms with van der Waals surface area (Å²) in [7, 11) is 1.61. The van der Waals surface area contributed by atoms with Gasteiger partial charge in [0.1, 0.15) is 5.75 Å². The number of benzene rings is 1. The number of aromatic nitrogens is 2. The summed E-state index contributed by atoms with van der Waals surface area (Å²) in [6.45, 7) is 1.59. The van der Waals surface area contributed by atoms with E-state index in [2.05, 4.69) is 20.8 Å². The number of methoxy groups -OCH3 is 1. The first-order chi connectivity index (χ1) is 12.2. The minimum Gasteiger partial charge on any atom is -0.497 e. The van der Waals surface area contributed by atoms with Crippen molar-refractivity contribution < 1.29 is 14.3 Å². The fourth-order valence-electron chi connectivity index (χ4n) is 2.34. The molecule has 1 aliphatic heterocycles. The summed E-state index contributed by atoms with van der Waals surface area (Å²) in [5, 5.41) is 15.0. The lowest BCUT2D eigenvalue weighted by Crippen LogP contribution is -2.18. The van der Waals surface area contributed by atoms with Crippen molar-refractivity contribution in [3.8, 4) is 5.75 Å². The third-order valence-electron chi connectivity index (χ3n) is 3.61. The molecule has 0 radical (unpaired) electrons. The van der Waals surface area contributed by atoms with E-state index >= 15 is 0 Å². The van der Waals surface area contributed by atoms with Crippen LogP contribution in [0.15, 0.2) is 28.6 Å². The number of nitrogens with zero attached hydrogens (tertiary/aromatic N) is 2. The summed E-state index contributed by atoms with van der Waals surface area (Å²) >= 11 is 2.82. The molecule has 1 aromatic carbocycles. The number of amides is 1. The number of rotatable bonds is 8. The quantitative estimate of drug-likeness (QED) is 0.681. The minimum atomic E-state index is -0.0840. The lowest BCUT2D eigenvalue weighted by atomic mass is 10.2. The molecule has 134 valence electrons. The van der Waals surface area contributed by atoms with Crippen LogP contribution < -0.4 is 15.4 Å². The van der Waals surface area contributed by atoms with E-state index in [-0.39, 0.29) is 17.8 Å². The summed E-state index contributed by atoms with van der Waals surface area (Å²) in [5.74, 6) is 0.954. The van der Waals surface area contributed by atoms with Gasteiger partial charge in [-0.05, 0) is 37.1 Å². The minimum absolute atomic E-state index is 0.0840. The molecule has 2 aromatic rings. The normalized spacial score (nSPS) is 16.6. The molecule has 1 fully saturated rings. The summed E-state index contributed by atoms with van der Waals surface area (Å²) in [5.41, 5.74) is 0.739. The number of hydrogen-bond acceptors (Lipinski definition) is 8.